The van der Waals surface area contributed by atoms with Crippen molar-refractivity contribution in [2.75, 3.05) is 39.2 Å². The van der Waals surface area contributed by atoms with Crippen LogP contribution in [-0.2, 0) is 9.53 Å². The Morgan fingerprint density at radius 1 is 1.50 bits per heavy atom. The van der Waals surface area contributed by atoms with E-state index in [1.54, 1.807) is 23.8 Å². The Morgan fingerprint density at radius 2 is 2.31 bits per heavy atom. The summed E-state index contributed by atoms with van der Waals surface area (Å²) in [4.78, 5) is 13.8. The smallest absolute Gasteiger partial charge is 0.235 e. The minimum Gasteiger partial charge on any atom is -0.395 e. The monoisotopic (exact) mass is 247 g/mol. The predicted molar refractivity (Wildman–Crippen MR) is 65.6 cm³/mol. The molecule has 0 aromatic heterocycles. The number of hydrogen-bond acceptors (Lipinski definition) is 4. The van der Waals surface area contributed by atoms with E-state index in [-0.39, 0.29) is 17.8 Å². The first kappa shape index (κ1) is 13.8. The maximum absolute atomic E-state index is 12.1. The Bertz CT molecular complexity index is 207. The lowest BCUT2D eigenvalue weighted by atomic mass is 10.1. The lowest BCUT2D eigenvalue weighted by molar-refractivity contribution is -0.132. The summed E-state index contributed by atoms with van der Waals surface area (Å²) in [7, 11) is 1.62. The van der Waals surface area contributed by atoms with Gasteiger partial charge >= 0.3 is 0 Å². The van der Waals surface area contributed by atoms with E-state index < -0.39 is 0 Å². The minimum absolute atomic E-state index is 0.0207. The average molecular weight is 247 g/mol. The highest BCUT2D eigenvalue weighted by atomic mass is 32.2. The summed E-state index contributed by atoms with van der Waals surface area (Å²) in [6.07, 6.45) is 3.32. The first-order valence-corrected chi connectivity index (χ1v) is 6.84. The van der Waals surface area contributed by atoms with Gasteiger partial charge in [0.15, 0.2) is 0 Å². The second kappa shape index (κ2) is 7.92. The van der Waals surface area contributed by atoms with Crippen molar-refractivity contribution in [1.29, 1.82) is 0 Å². The number of carbonyl (C=O) groups excluding carboxylic acids is 1. The van der Waals surface area contributed by atoms with Crippen LogP contribution < -0.4 is 0 Å². The van der Waals surface area contributed by atoms with Gasteiger partial charge in [0.1, 0.15) is 0 Å². The second-order valence-corrected chi connectivity index (χ2v) is 5.21. The molecule has 16 heavy (non-hydrogen) atoms. The molecule has 0 aromatic rings. The molecule has 1 N–H and O–H groups in total. The SMILES string of the molecule is COCCN(CCO)C(=O)C1CCCCS1. The fourth-order valence-electron chi connectivity index (χ4n) is 1.79. The molecule has 4 nitrogen and oxygen atoms in total. The second-order valence-electron chi connectivity index (χ2n) is 3.90. The molecule has 1 atom stereocenters. The van der Waals surface area contributed by atoms with Crippen molar-refractivity contribution in [3.8, 4) is 0 Å². The van der Waals surface area contributed by atoms with Gasteiger partial charge in [-0.2, -0.15) is 0 Å². The number of amides is 1. The zero-order valence-electron chi connectivity index (χ0n) is 9.85. The zero-order chi connectivity index (χ0) is 11.8. The van der Waals surface area contributed by atoms with Crippen LogP contribution in [0.4, 0.5) is 0 Å². The number of methoxy groups -OCH3 is 1. The quantitative estimate of drug-likeness (QED) is 0.752. The Kier molecular flexibility index (Phi) is 6.84. The van der Waals surface area contributed by atoms with Gasteiger partial charge in [-0.1, -0.05) is 6.42 Å². The lowest BCUT2D eigenvalue weighted by Gasteiger charge is -2.28. The molecule has 1 aliphatic heterocycles. The van der Waals surface area contributed by atoms with Crippen molar-refractivity contribution in [3.63, 3.8) is 0 Å². The summed E-state index contributed by atoms with van der Waals surface area (Å²) >= 11 is 1.75. The molecular weight excluding hydrogens is 226 g/mol. The molecule has 1 amide bonds. The highest BCUT2D eigenvalue weighted by Gasteiger charge is 2.25. The maximum atomic E-state index is 12.1. The minimum atomic E-state index is 0.0207. The molecule has 1 heterocycles. The molecule has 1 unspecified atom stereocenters. The normalized spacial score (nSPS) is 20.8. The molecule has 0 spiro atoms. The van der Waals surface area contributed by atoms with E-state index >= 15 is 0 Å². The van der Waals surface area contributed by atoms with Gasteiger partial charge in [0.05, 0.1) is 18.5 Å². The number of carbonyl (C=O) groups is 1. The fraction of sp³-hybridized carbons (Fsp3) is 0.909. The Morgan fingerprint density at radius 3 is 2.88 bits per heavy atom. The number of rotatable bonds is 6. The van der Waals surface area contributed by atoms with E-state index in [4.69, 9.17) is 9.84 Å². The van der Waals surface area contributed by atoms with Crippen LogP contribution in [0.5, 0.6) is 0 Å². The molecule has 0 saturated carbocycles. The third-order valence-corrected chi connectivity index (χ3v) is 4.07. The van der Waals surface area contributed by atoms with Crippen molar-refractivity contribution in [1.82, 2.24) is 4.90 Å². The number of aliphatic hydroxyl groups excluding tert-OH is 1. The van der Waals surface area contributed by atoms with Crippen LogP contribution in [0.1, 0.15) is 19.3 Å². The molecule has 1 saturated heterocycles. The van der Waals surface area contributed by atoms with Gasteiger partial charge < -0.3 is 14.7 Å². The molecule has 0 bridgehead atoms. The first-order chi connectivity index (χ1) is 7.79. The van der Waals surface area contributed by atoms with Crippen molar-refractivity contribution in [2.45, 2.75) is 24.5 Å². The molecule has 5 heteroatoms. The number of ether oxygens (including phenoxy) is 1. The number of aliphatic hydroxyl groups is 1. The van der Waals surface area contributed by atoms with Crippen LogP contribution in [0.15, 0.2) is 0 Å². The van der Waals surface area contributed by atoms with Gasteiger partial charge in [0.2, 0.25) is 5.91 Å². The van der Waals surface area contributed by atoms with Gasteiger partial charge in [0, 0.05) is 20.2 Å². The third-order valence-electron chi connectivity index (χ3n) is 2.70. The molecule has 1 aliphatic rings. The molecular formula is C11H21NO3S. The van der Waals surface area contributed by atoms with Gasteiger partial charge in [-0.25, -0.2) is 0 Å². The zero-order valence-corrected chi connectivity index (χ0v) is 10.7. The van der Waals surface area contributed by atoms with E-state index in [1.165, 1.54) is 6.42 Å². The topological polar surface area (TPSA) is 49.8 Å². The predicted octanol–water partition coefficient (Wildman–Crippen LogP) is 0.739. The van der Waals surface area contributed by atoms with E-state index in [1.807, 2.05) is 0 Å². The summed E-state index contributed by atoms with van der Waals surface area (Å²) in [5.41, 5.74) is 0. The first-order valence-electron chi connectivity index (χ1n) is 5.79. The van der Waals surface area contributed by atoms with Gasteiger partial charge in [-0.05, 0) is 18.6 Å². The largest absolute Gasteiger partial charge is 0.395 e. The van der Waals surface area contributed by atoms with Gasteiger partial charge in [-0.15, -0.1) is 11.8 Å². The average Bonchev–Trinajstić information content (AvgIpc) is 2.35. The van der Waals surface area contributed by atoms with E-state index in [0.29, 0.717) is 19.7 Å². The van der Waals surface area contributed by atoms with Crippen molar-refractivity contribution in [2.24, 2.45) is 0 Å². The van der Waals surface area contributed by atoms with Crippen LogP contribution in [-0.4, -0.2) is 60.3 Å². The van der Waals surface area contributed by atoms with Crippen LogP contribution in [0.3, 0.4) is 0 Å². The van der Waals surface area contributed by atoms with Crippen molar-refractivity contribution < 1.29 is 14.6 Å². The van der Waals surface area contributed by atoms with Gasteiger partial charge in [0.25, 0.3) is 0 Å². The van der Waals surface area contributed by atoms with Crippen LogP contribution in [0, 0.1) is 0 Å². The number of nitrogens with zero attached hydrogens (tertiary/aromatic N) is 1. The van der Waals surface area contributed by atoms with E-state index in [9.17, 15) is 4.79 Å². The van der Waals surface area contributed by atoms with E-state index in [0.717, 1.165) is 18.6 Å². The number of thioether (sulfide) groups is 1. The van der Waals surface area contributed by atoms with Gasteiger partial charge in [-0.3, -0.25) is 4.79 Å². The highest BCUT2D eigenvalue weighted by Crippen LogP contribution is 2.26. The van der Waals surface area contributed by atoms with Crippen LogP contribution in [0.2, 0.25) is 0 Å². The third kappa shape index (κ3) is 4.31. The molecule has 1 rings (SSSR count). The Hall–Kier alpha value is -0.260. The summed E-state index contributed by atoms with van der Waals surface area (Å²) in [5, 5.41) is 9.04. The molecule has 0 aliphatic carbocycles. The van der Waals surface area contributed by atoms with E-state index in [2.05, 4.69) is 0 Å². The molecule has 0 aromatic carbocycles. The molecule has 94 valence electrons. The highest BCUT2D eigenvalue weighted by molar-refractivity contribution is 8.00. The molecule has 1 fully saturated rings. The summed E-state index contributed by atoms with van der Waals surface area (Å²) in [6.45, 7) is 1.54. The van der Waals surface area contributed by atoms with Crippen molar-refractivity contribution in [3.05, 3.63) is 0 Å². The summed E-state index contributed by atoms with van der Waals surface area (Å²) in [6, 6.07) is 0. The Balaban J connectivity index is 2.44. The maximum Gasteiger partial charge on any atom is 0.235 e. The fourth-order valence-corrected chi connectivity index (χ4v) is 3.07. The standard InChI is InChI=1S/C11H21NO3S/c1-15-8-6-12(5-7-13)11(14)10-4-2-3-9-16-10/h10,13H,2-9H2,1H3. The van der Waals surface area contributed by atoms with Crippen LogP contribution >= 0.6 is 11.8 Å². The summed E-state index contributed by atoms with van der Waals surface area (Å²) < 4.78 is 4.97. The number of hydrogen-bond donors (Lipinski definition) is 1. The molecule has 0 radical (unpaired) electrons. The van der Waals surface area contributed by atoms with Crippen molar-refractivity contribution >= 4 is 17.7 Å². The Labute approximate surface area is 101 Å². The van der Waals surface area contributed by atoms with Crippen LogP contribution in [0.25, 0.3) is 0 Å². The lowest BCUT2D eigenvalue weighted by Crippen LogP contribution is -2.42. The summed E-state index contributed by atoms with van der Waals surface area (Å²) in [5.74, 6) is 1.24.